The van der Waals surface area contributed by atoms with Gasteiger partial charge in [0, 0.05) is 22.1 Å². The van der Waals surface area contributed by atoms with E-state index in [4.69, 9.17) is 0 Å². The number of benzene rings is 3. The van der Waals surface area contributed by atoms with Crippen molar-refractivity contribution in [1.82, 2.24) is 0 Å². The van der Waals surface area contributed by atoms with Crippen LogP contribution in [0.4, 0.5) is 0 Å². The van der Waals surface area contributed by atoms with Crippen molar-refractivity contribution in [3.63, 3.8) is 0 Å². The maximum absolute atomic E-state index is 11.2. The van der Waals surface area contributed by atoms with Crippen LogP contribution in [0.15, 0.2) is 91.0 Å². The number of aryl methyl sites for hydroxylation is 3. The van der Waals surface area contributed by atoms with Gasteiger partial charge in [0.25, 0.3) is 0 Å². The fourth-order valence-electron chi connectivity index (χ4n) is 3.31. The van der Waals surface area contributed by atoms with Crippen molar-refractivity contribution in [3.8, 4) is 0 Å². The maximum atomic E-state index is 11.2. The first-order valence-corrected chi connectivity index (χ1v) is 19.4. The fraction of sp³-hybridized carbons (Fsp3) is 0.400. The van der Waals surface area contributed by atoms with Gasteiger partial charge in [0.1, 0.15) is 0 Å². The van der Waals surface area contributed by atoms with E-state index < -0.39 is 22.1 Å². The van der Waals surface area contributed by atoms with E-state index in [1.54, 1.807) is 20.8 Å². The Bertz CT molecular complexity index is 1040. The van der Waals surface area contributed by atoms with Crippen molar-refractivity contribution < 1.29 is 45.4 Å². The third-order valence-corrected chi connectivity index (χ3v) is 11.8. The minimum atomic E-state index is -3.09. The van der Waals surface area contributed by atoms with Crippen LogP contribution in [0, 0.1) is 0 Å². The molecule has 0 heterocycles. The molecule has 3 atom stereocenters. The van der Waals surface area contributed by atoms with Crippen LogP contribution >= 0.6 is 22.1 Å². The van der Waals surface area contributed by atoms with Gasteiger partial charge >= 0.3 is 17.1 Å². The Kier molecular flexibility index (Phi) is 20.0. The Morgan fingerprint density at radius 1 is 0.450 bits per heavy atom. The molecule has 0 saturated carbocycles. The maximum Gasteiger partial charge on any atom is 3.00 e. The van der Waals surface area contributed by atoms with Crippen LogP contribution in [0.1, 0.15) is 37.5 Å². The molecule has 0 aliphatic rings. The molecule has 3 unspecified atom stereocenters. The molecule has 6 nitrogen and oxygen atoms in total. The van der Waals surface area contributed by atoms with Gasteiger partial charge in [0.05, 0.1) is 0 Å². The summed E-state index contributed by atoms with van der Waals surface area (Å²) in [6, 6.07) is 29.1. The molecule has 10 heteroatoms. The first-order valence-electron chi connectivity index (χ1n) is 13.4. The predicted octanol–water partition coefficient (Wildman–Crippen LogP) is 5.66. The van der Waals surface area contributed by atoms with Gasteiger partial charge in [-0.05, 0) is 72.9 Å². The fourth-order valence-corrected chi connectivity index (χ4v) is 6.05. The second kappa shape index (κ2) is 20.6. The summed E-state index contributed by atoms with van der Waals surface area (Å²) >= 11 is 0. The third-order valence-electron chi connectivity index (χ3n) is 6.20. The molecule has 3 aromatic rings. The molecule has 1 radical (unpaired) electrons. The molecular formula is C30H42FeO6P3. The molecular weight excluding hydrogens is 605 g/mol. The Morgan fingerprint density at radius 2 is 0.650 bits per heavy atom. The molecule has 0 aromatic heterocycles. The molecule has 0 spiro atoms. The summed E-state index contributed by atoms with van der Waals surface area (Å²) in [4.78, 5) is 33.6. The van der Waals surface area contributed by atoms with Crippen molar-refractivity contribution in [3.05, 3.63) is 108 Å². The van der Waals surface area contributed by atoms with Crippen molar-refractivity contribution in [1.29, 1.82) is 0 Å². The van der Waals surface area contributed by atoms with Gasteiger partial charge in [0.2, 0.25) is 0 Å². The smallest absolute Gasteiger partial charge is 0.799 e. The molecule has 0 N–H and O–H groups in total. The second-order valence-electron chi connectivity index (χ2n) is 9.27. The number of rotatable bonds is 12. The summed E-state index contributed by atoms with van der Waals surface area (Å²) < 4.78 is 33.6. The summed E-state index contributed by atoms with van der Waals surface area (Å²) in [5.74, 6) is 0. The number of hydrogen-bond donors (Lipinski definition) is 0. The van der Waals surface area contributed by atoms with Crippen LogP contribution in [-0.4, -0.2) is 37.0 Å². The molecule has 0 amide bonds. The molecule has 0 aliphatic heterocycles. The normalized spacial score (nSPS) is 14.8. The first-order chi connectivity index (χ1) is 18.4. The minimum absolute atomic E-state index is 0. The van der Waals surface area contributed by atoms with Crippen molar-refractivity contribution in [2.75, 3.05) is 37.0 Å². The molecule has 0 bridgehead atoms. The summed E-state index contributed by atoms with van der Waals surface area (Å²) in [5.41, 5.74) is 3.27. The zero-order chi connectivity index (χ0) is 29.2. The van der Waals surface area contributed by atoms with E-state index in [1.165, 1.54) is 0 Å². The molecule has 3 rings (SSSR count). The van der Waals surface area contributed by atoms with E-state index in [0.29, 0.717) is 19.3 Å². The Morgan fingerprint density at radius 3 is 0.825 bits per heavy atom. The second-order valence-corrected chi connectivity index (χ2v) is 17.4. The van der Waals surface area contributed by atoms with Crippen LogP contribution in [0.2, 0.25) is 0 Å². The average molecular weight is 647 g/mol. The van der Waals surface area contributed by atoms with Crippen LogP contribution in [0.5, 0.6) is 0 Å². The van der Waals surface area contributed by atoms with Gasteiger partial charge in [-0.25, -0.2) is 0 Å². The Balaban J connectivity index is 0.000000563. The van der Waals surface area contributed by atoms with Gasteiger partial charge in [-0.3, -0.25) is 0 Å². The van der Waals surface area contributed by atoms with E-state index >= 15 is 0 Å². The van der Waals surface area contributed by atoms with Crippen LogP contribution in [-0.2, 0) is 50.0 Å². The topological polar surface area (TPSA) is 120 Å². The largest absolute Gasteiger partial charge is 3.00 e. The van der Waals surface area contributed by atoms with Gasteiger partial charge < -0.3 is 28.4 Å². The number of hydrogen-bond acceptors (Lipinski definition) is 6. The van der Waals surface area contributed by atoms with Gasteiger partial charge in [-0.15, -0.1) is 0 Å². The SMILES string of the molecule is CCP(=O)([O-])CCc1ccccc1.CCP(=O)([O-])CCc1ccccc1.CCP(=O)([O-])CCc1ccccc1.[Fe+3]. The van der Waals surface area contributed by atoms with Crippen LogP contribution in [0.25, 0.3) is 0 Å². The average Bonchev–Trinajstić information content (AvgIpc) is 2.96. The summed E-state index contributed by atoms with van der Waals surface area (Å²) in [5, 5.41) is 0. The standard InChI is InChI=1S/3C10H15O2P.Fe/c3*1-2-13(11,12)9-8-10-6-4-3-5-7-10;/h3*3-7H,2,8-9H2,1H3,(H,11,12);/q;;;+3/p-3. The summed E-state index contributed by atoms with van der Waals surface area (Å²) in [6.07, 6.45) is 3.55. The third kappa shape index (κ3) is 19.0. The van der Waals surface area contributed by atoms with Crippen molar-refractivity contribution in [2.45, 2.75) is 40.0 Å². The summed E-state index contributed by atoms with van der Waals surface area (Å²) in [6.45, 7) is 5.08. The quantitative estimate of drug-likeness (QED) is 0.185. The zero-order valence-corrected chi connectivity index (χ0v) is 27.5. The molecule has 0 aliphatic carbocycles. The van der Waals surface area contributed by atoms with Crippen LogP contribution in [0.3, 0.4) is 0 Å². The summed E-state index contributed by atoms with van der Waals surface area (Å²) in [7, 11) is -9.27. The van der Waals surface area contributed by atoms with E-state index in [0.717, 1.165) is 16.7 Å². The first kappa shape index (κ1) is 38.7. The Hall–Kier alpha value is -1.25. The van der Waals surface area contributed by atoms with Crippen molar-refractivity contribution >= 4 is 22.1 Å². The van der Waals surface area contributed by atoms with Crippen molar-refractivity contribution in [2.24, 2.45) is 0 Å². The molecule has 0 fully saturated rings. The molecule has 0 saturated heterocycles. The predicted molar refractivity (Wildman–Crippen MR) is 159 cm³/mol. The van der Waals surface area contributed by atoms with E-state index in [9.17, 15) is 28.4 Å². The molecule has 3 aromatic carbocycles. The van der Waals surface area contributed by atoms with Gasteiger partial charge in [0.15, 0.2) is 0 Å². The van der Waals surface area contributed by atoms with E-state index in [-0.39, 0.29) is 54.0 Å². The Labute approximate surface area is 251 Å². The van der Waals surface area contributed by atoms with Crippen LogP contribution < -0.4 is 14.7 Å². The molecule has 40 heavy (non-hydrogen) atoms. The van der Waals surface area contributed by atoms with E-state index in [2.05, 4.69) is 0 Å². The zero-order valence-electron chi connectivity index (χ0n) is 23.7. The minimum Gasteiger partial charge on any atom is -0.799 e. The van der Waals surface area contributed by atoms with Gasteiger partial charge in [-0.2, -0.15) is 0 Å². The van der Waals surface area contributed by atoms with Gasteiger partial charge in [-0.1, -0.05) is 112 Å². The monoisotopic (exact) mass is 647 g/mol. The van der Waals surface area contributed by atoms with E-state index in [1.807, 2.05) is 91.0 Å². The molecule has 221 valence electrons.